The molecule has 6 nitrogen and oxygen atoms in total. The lowest BCUT2D eigenvalue weighted by molar-refractivity contribution is -0.144. The van der Waals surface area contributed by atoms with Crippen molar-refractivity contribution in [1.82, 2.24) is 9.80 Å². The van der Waals surface area contributed by atoms with E-state index >= 15 is 0 Å². The Morgan fingerprint density at radius 1 is 1.22 bits per heavy atom. The van der Waals surface area contributed by atoms with Gasteiger partial charge in [-0.2, -0.15) is 0 Å². The summed E-state index contributed by atoms with van der Waals surface area (Å²) in [6.07, 6.45) is 2.38. The standard InChI is InChI=1S/C12H22N2O4/c1-10(12(17)18)14(7-4-11(15)16)9-8-13-5-2-3-6-13/h10H,2-9H2,1H3,(H,15,16)(H,17,18). The van der Waals surface area contributed by atoms with Crippen LogP contribution in [0.15, 0.2) is 0 Å². The van der Waals surface area contributed by atoms with E-state index in [1.165, 1.54) is 12.8 Å². The normalized spacial score (nSPS) is 18.1. The fourth-order valence-corrected chi connectivity index (χ4v) is 2.17. The molecule has 1 aliphatic rings. The average Bonchev–Trinajstić information content (AvgIpc) is 2.80. The summed E-state index contributed by atoms with van der Waals surface area (Å²) in [6.45, 7) is 5.45. The molecule has 1 aliphatic heterocycles. The Hall–Kier alpha value is -1.14. The van der Waals surface area contributed by atoms with Crippen LogP contribution in [0, 0.1) is 0 Å². The predicted octanol–water partition coefficient (Wildman–Crippen LogP) is 0.332. The Balaban J connectivity index is 2.42. The van der Waals surface area contributed by atoms with Crippen molar-refractivity contribution in [2.24, 2.45) is 0 Å². The molecule has 1 atom stereocenters. The van der Waals surface area contributed by atoms with E-state index in [2.05, 4.69) is 4.90 Å². The van der Waals surface area contributed by atoms with Crippen LogP contribution in [0.3, 0.4) is 0 Å². The van der Waals surface area contributed by atoms with Gasteiger partial charge in [-0.05, 0) is 32.9 Å². The van der Waals surface area contributed by atoms with Crippen LogP contribution in [0.5, 0.6) is 0 Å². The monoisotopic (exact) mass is 258 g/mol. The number of carboxylic acids is 2. The zero-order valence-electron chi connectivity index (χ0n) is 10.8. The first-order valence-electron chi connectivity index (χ1n) is 6.41. The van der Waals surface area contributed by atoms with Crippen LogP contribution < -0.4 is 0 Å². The molecule has 1 fully saturated rings. The fraction of sp³-hybridized carbons (Fsp3) is 0.833. The van der Waals surface area contributed by atoms with Crippen LogP contribution in [-0.2, 0) is 9.59 Å². The molecule has 6 heteroatoms. The van der Waals surface area contributed by atoms with Gasteiger partial charge in [0.15, 0.2) is 0 Å². The fourth-order valence-electron chi connectivity index (χ4n) is 2.17. The average molecular weight is 258 g/mol. The van der Waals surface area contributed by atoms with E-state index in [1.807, 2.05) is 0 Å². The number of rotatable bonds is 8. The lowest BCUT2D eigenvalue weighted by Crippen LogP contribution is -2.44. The highest BCUT2D eigenvalue weighted by atomic mass is 16.4. The lowest BCUT2D eigenvalue weighted by Gasteiger charge is -2.27. The van der Waals surface area contributed by atoms with Crippen LogP contribution in [0.4, 0.5) is 0 Å². The highest BCUT2D eigenvalue weighted by Crippen LogP contribution is 2.08. The van der Waals surface area contributed by atoms with Gasteiger partial charge in [0, 0.05) is 19.6 Å². The van der Waals surface area contributed by atoms with Crippen LogP contribution >= 0.6 is 0 Å². The van der Waals surface area contributed by atoms with Crippen molar-refractivity contribution < 1.29 is 19.8 Å². The summed E-state index contributed by atoms with van der Waals surface area (Å²) in [7, 11) is 0. The summed E-state index contributed by atoms with van der Waals surface area (Å²) in [5, 5.41) is 17.7. The van der Waals surface area contributed by atoms with Crippen LogP contribution in [0.2, 0.25) is 0 Å². The molecule has 0 bridgehead atoms. The van der Waals surface area contributed by atoms with Crippen molar-refractivity contribution in [3.05, 3.63) is 0 Å². The van der Waals surface area contributed by atoms with E-state index in [1.54, 1.807) is 11.8 Å². The smallest absolute Gasteiger partial charge is 0.320 e. The molecule has 0 radical (unpaired) electrons. The zero-order valence-corrected chi connectivity index (χ0v) is 10.8. The highest BCUT2D eigenvalue weighted by molar-refractivity contribution is 5.73. The third kappa shape index (κ3) is 5.01. The summed E-state index contributed by atoms with van der Waals surface area (Å²) >= 11 is 0. The molecule has 1 rings (SSSR count). The molecule has 0 aromatic rings. The van der Waals surface area contributed by atoms with E-state index < -0.39 is 18.0 Å². The summed E-state index contributed by atoms with van der Waals surface area (Å²) in [6, 6.07) is -0.632. The summed E-state index contributed by atoms with van der Waals surface area (Å²) in [5.74, 6) is -1.79. The quantitative estimate of drug-likeness (QED) is 0.653. The maximum Gasteiger partial charge on any atom is 0.320 e. The van der Waals surface area contributed by atoms with Gasteiger partial charge in [0.05, 0.1) is 6.42 Å². The molecule has 104 valence electrons. The second kappa shape index (κ2) is 7.33. The highest BCUT2D eigenvalue weighted by Gasteiger charge is 2.22. The third-order valence-electron chi connectivity index (χ3n) is 3.42. The van der Waals surface area contributed by atoms with Crippen LogP contribution in [0.1, 0.15) is 26.2 Å². The number of aliphatic carboxylic acids is 2. The van der Waals surface area contributed by atoms with Crippen molar-refractivity contribution >= 4 is 11.9 Å². The molecule has 2 N–H and O–H groups in total. The van der Waals surface area contributed by atoms with E-state index in [4.69, 9.17) is 10.2 Å². The van der Waals surface area contributed by atoms with Gasteiger partial charge in [-0.25, -0.2) is 0 Å². The van der Waals surface area contributed by atoms with Gasteiger partial charge in [-0.15, -0.1) is 0 Å². The molecule has 0 aromatic heterocycles. The number of hydrogen-bond donors (Lipinski definition) is 2. The van der Waals surface area contributed by atoms with Crippen LogP contribution in [-0.4, -0.2) is 70.7 Å². The van der Waals surface area contributed by atoms with E-state index in [0.717, 1.165) is 19.6 Å². The number of carbonyl (C=O) groups is 2. The summed E-state index contributed by atoms with van der Waals surface area (Å²) in [4.78, 5) is 25.6. The Kier molecular flexibility index (Phi) is 6.07. The largest absolute Gasteiger partial charge is 0.481 e. The van der Waals surface area contributed by atoms with Crippen molar-refractivity contribution in [1.29, 1.82) is 0 Å². The van der Waals surface area contributed by atoms with Gasteiger partial charge in [-0.3, -0.25) is 14.5 Å². The molecular formula is C12H22N2O4. The molecule has 1 heterocycles. The van der Waals surface area contributed by atoms with Gasteiger partial charge in [0.1, 0.15) is 6.04 Å². The molecule has 1 saturated heterocycles. The first kappa shape index (κ1) is 14.9. The number of likely N-dealkylation sites (tertiary alicyclic amines) is 1. The minimum Gasteiger partial charge on any atom is -0.481 e. The Morgan fingerprint density at radius 2 is 1.83 bits per heavy atom. The van der Waals surface area contributed by atoms with Gasteiger partial charge in [0.2, 0.25) is 0 Å². The maximum absolute atomic E-state index is 11.0. The molecule has 0 aromatic carbocycles. The molecular weight excluding hydrogens is 236 g/mol. The molecule has 0 saturated carbocycles. The minimum absolute atomic E-state index is 0.0163. The predicted molar refractivity (Wildman–Crippen MR) is 66.6 cm³/mol. The first-order chi connectivity index (χ1) is 8.50. The Morgan fingerprint density at radius 3 is 2.33 bits per heavy atom. The third-order valence-corrected chi connectivity index (χ3v) is 3.42. The van der Waals surface area contributed by atoms with Crippen molar-refractivity contribution in [2.45, 2.75) is 32.2 Å². The van der Waals surface area contributed by atoms with E-state index in [9.17, 15) is 9.59 Å². The minimum atomic E-state index is -0.901. The molecule has 18 heavy (non-hydrogen) atoms. The van der Waals surface area contributed by atoms with Gasteiger partial charge >= 0.3 is 11.9 Å². The first-order valence-corrected chi connectivity index (χ1v) is 6.41. The van der Waals surface area contributed by atoms with Crippen molar-refractivity contribution in [3.63, 3.8) is 0 Å². The van der Waals surface area contributed by atoms with Gasteiger partial charge in [-0.1, -0.05) is 0 Å². The lowest BCUT2D eigenvalue weighted by atomic mass is 10.2. The summed E-state index contributed by atoms with van der Waals surface area (Å²) < 4.78 is 0. The Labute approximate surface area is 107 Å². The molecule has 0 aliphatic carbocycles. The molecule has 0 amide bonds. The van der Waals surface area contributed by atoms with E-state index in [0.29, 0.717) is 6.54 Å². The number of hydrogen-bond acceptors (Lipinski definition) is 4. The summed E-state index contributed by atoms with van der Waals surface area (Å²) in [5.41, 5.74) is 0. The molecule has 0 spiro atoms. The van der Waals surface area contributed by atoms with Crippen molar-refractivity contribution in [3.8, 4) is 0 Å². The SMILES string of the molecule is CC(C(=O)O)N(CCC(=O)O)CCN1CCCC1. The topological polar surface area (TPSA) is 81.1 Å². The maximum atomic E-state index is 11.0. The van der Waals surface area contributed by atoms with E-state index in [-0.39, 0.29) is 13.0 Å². The van der Waals surface area contributed by atoms with Crippen LogP contribution in [0.25, 0.3) is 0 Å². The number of nitrogens with zero attached hydrogens (tertiary/aromatic N) is 2. The van der Waals surface area contributed by atoms with Gasteiger partial charge in [0.25, 0.3) is 0 Å². The molecule has 1 unspecified atom stereocenters. The zero-order chi connectivity index (χ0) is 13.5. The Bertz CT molecular complexity index is 290. The number of carboxylic acid groups (broad SMARTS) is 2. The second-order valence-electron chi connectivity index (χ2n) is 4.74. The van der Waals surface area contributed by atoms with Gasteiger partial charge < -0.3 is 15.1 Å². The van der Waals surface area contributed by atoms with Crippen molar-refractivity contribution in [2.75, 3.05) is 32.7 Å². The second-order valence-corrected chi connectivity index (χ2v) is 4.74.